The molecular formula is C20H30N2O2. The number of alkyl carbamates (subject to hydrolysis) is 1. The van der Waals surface area contributed by atoms with E-state index in [9.17, 15) is 4.79 Å². The van der Waals surface area contributed by atoms with E-state index in [4.69, 9.17) is 4.74 Å². The molecule has 0 radical (unpaired) electrons. The van der Waals surface area contributed by atoms with Gasteiger partial charge in [0.2, 0.25) is 0 Å². The van der Waals surface area contributed by atoms with Crippen molar-refractivity contribution in [3.63, 3.8) is 0 Å². The number of rotatable bonds is 4. The van der Waals surface area contributed by atoms with E-state index in [1.807, 2.05) is 20.8 Å². The Balaban J connectivity index is 1.50. The fourth-order valence-corrected chi connectivity index (χ4v) is 4.25. The molecule has 4 heteroatoms. The lowest BCUT2D eigenvalue weighted by Crippen LogP contribution is -2.46. The third kappa shape index (κ3) is 4.50. The van der Waals surface area contributed by atoms with E-state index in [0.29, 0.717) is 17.8 Å². The molecule has 1 aliphatic heterocycles. The van der Waals surface area contributed by atoms with Crippen molar-refractivity contribution in [1.29, 1.82) is 0 Å². The van der Waals surface area contributed by atoms with E-state index in [0.717, 1.165) is 26.2 Å². The van der Waals surface area contributed by atoms with Crippen molar-refractivity contribution < 1.29 is 9.53 Å². The molecule has 2 bridgehead atoms. The molecular weight excluding hydrogens is 300 g/mol. The van der Waals surface area contributed by atoms with Crippen LogP contribution in [0, 0.1) is 17.8 Å². The maximum absolute atomic E-state index is 11.9. The molecule has 2 aliphatic rings. The average Bonchev–Trinajstić information content (AvgIpc) is 2.74. The van der Waals surface area contributed by atoms with E-state index in [-0.39, 0.29) is 6.09 Å². The van der Waals surface area contributed by atoms with Crippen LogP contribution >= 0.6 is 0 Å². The van der Waals surface area contributed by atoms with Crippen LogP contribution in [0.4, 0.5) is 4.79 Å². The maximum atomic E-state index is 11.9. The zero-order chi connectivity index (χ0) is 17.2. The Morgan fingerprint density at radius 2 is 1.79 bits per heavy atom. The number of fused-ring (bicyclic) bond motifs is 2. The van der Waals surface area contributed by atoms with Crippen LogP contribution in [-0.2, 0) is 11.3 Å². The van der Waals surface area contributed by atoms with Crippen molar-refractivity contribution in [1.82, 2.24) is 10.2 Å². The number of carbonyl (C=O) groups is 1. The van der Waals surface area contributed by atoms with Crippen molar-refractivity contribution in [3.05, 3.63) is 35.9 Å². The summed E-state index contributed by atoms with van der Waals surface area (Å²) in [6, 6.07) is 10.7. The third-order valence-corrected chi connectivity index (χ3v) is 5.23. The largest absolute Gasteiger partial charge is 0.444 e. The van der Waals surface area contributed by atoms with Gasteiger partial charge in [0.25, 0.3) is 0 Å². The molecule has 1 N–H and O–H groups in total. The van der Waals surface area contributed by atoms with Gasteiger partial charge in [0.15, 0.2) is 0 Å². The number of benzene rings is 1. The van der Waals surface area contributed by atoms with Gasteiger partial charge in [-0.15, -0.1) is 0 Å². The van der Waals surface area contributed by atoms with Gasteiger partial charge in [0.05, 0.1) is 0 Å². The van der Waals surface area contributed by atoms with Crippen LogP contribution in [0.5, 0.6) is 0 Å². The van der Waals surface area contributed by atoms with Gasteiger partial charge in [0, 0.05) is 26.2 Å². The first-order valence-electron chi connectivity index (χ1n) is 9.14. The zero-order valence-corrected chi connectivity index (χ0v) is 15.1. The summed E-state index contributed by atoms with van der Waals surface area (Å²) in [7, 11) is 0. The van der Waals surface area contributed by atoms with Crippen LogP contribution in [-0.4, -0.2) is 36.2 Å². The van der Waals surface area contributed by atoms with E-state index in [1.165, 1.54) is 18.4 Å². The topological polar surface area (TPSA) is 41.6 Å². The molecule has 1 amide bonds. The summed E-state index contributed by atoms with van der Waals surface area (Å²) < 4.78 is 5.36. The van der Waals surface area contributed by atoms with Gasteiger partial charge in [-0.2, -0.15) is 0 Å². The number of piperidine rings is 1. The molecule has 1 aromatic carbocycles. The summed E-state index contributed by atoms with van der Waals surface area (Å²) in [5, 5.41) is 2.99. The van der Waals surface area contributed by atoms with Gasteiger partial charge in [-0.05, 0) is 56.9 Å². The second-order valence-corrected chi connectivity index (χ2v) is 8.32. The summed E-state index contributed by atoms with van der Waals surface area (Å²) in [6.45, 7) is 9.79. The first kappa shape index (κ1) is 17.3. The lowest BCUT2D eigenvalue weighted by atomic mass is 9.85. The summed E-state index contributed by atoms with van der Waals surface area (Å²) in [5.74, 6) is 1.99. The van der Waals surface area contributed by atoms with E-state index in [2.05, 4.69) is 40.5 Å². The maximum Gasteiger partial charge on any atom is 0.407 e. The van der Waals surface area contributed by atoms with Gasteiger partial charge in [-0.3, -0.25) is 4.90 Å². The van der Waals surface area contributed by atoms with E-state index >= 15 is 0 Å². The van der Waals surface area contributed by atoms with Crippen LogP contribution in [0.15, 0.2) is 30.3 Å². The lowest BCUT2D eigenvalue weighted by molar-refractivity contribution is 0.0478. The number of nitrogens with one attached hydrogen (secondary N) is 1. The second kappa shape index (κ2) is 7.14. The lowest BCUT2D eigenvalue weighted by Gasteiger charge is -2.38. The molecule has 0 aromatic heterocycles. The van der Waals surface area contributed by atoms with Crippen molar-refractivity contribution in [2.24, 2.45) is 17.8 Å². The van der Waals surface area contributed by atoms with Crippen LogP contribution in [0.2, 0.25) is 0 Å². The zero-order valence-electron chi connectivity index (χ0n) is 15.1. The second-order valence-electron chi connectivity index (χ2n) is 8.32. The van der Waals surface area contributed by atoms with Gasteiger partial charge >= 0.3 is 6.09 Å². The minimum absolute atomic E-state index is 0.284. The molecule has 1 saturated heterocycles. The van der Waals surface area contributed by atoms with Crippen molar-refractivity contribution >= 4 is 6.09 Å². The fraction of sp³-hybridized carbons (Fsp3) is 0.650. The van der Waals surface area contributed by atoms with Gasteiger partial charge in [0.1, 0.15) is 5.60 Å². The Morgan fingerprint density at radius 1 is 1.17 bits per heavy atom. The Kier molecular flexibility index (Phi) is 5.14. The van der Waals surface area contributed by atoms with Crippen LogP contribution in [0.25, 0.3) is 0 Å². The highest BCUT2D eigenvalue weighted by Crippen LogP contribution is 2.41. The average molecular weight is 330 g/mol. The predicted octanol–water partition coefficient (Wildman–Crippen LogP) is 3.67. The first-order chi connectivity index (χ1) is 11.4. The minimum Gasteiger partial charge on any atom is -0.444 e. The van der Waals surface area contributed by atoms with Crippen LogP contribution in [0.1, 0.15) is 39.2 Å². The number of ether oxygens (including phenoxy) is 1. The van der Waals surface area contributed by atoms with Crippen molar-refractivity contribution in [2.45, 2.75) is 45.8 Å². The molecule has 1 heterocycles. The number of carbonyl (C=O) groups excluding carboxylic acids is 1. The molecule has 3 rings (SSSR count). The first-order valence-corrected chi connectivity index (χ1v) is 9.14. The number of likely N-dealkylation sites (tertiary alicyclic amines) is 1. The van der Waals surface area contributed by atoms with E-state index in [1.54, 1.807) is 0 Å². The Bertz CT molecular complexity index is 539. The Labute approximate surface area is 145 Å². The highest BCUT2D eigenvalue weighted by Gasteiger charge is 2.41. The predicted molar refractivity (Wildman–Crippen MR) is 95.7 cm³/mol. The smallest absolute Gasteiger partial charge is 0.407 e. The molecule has 2 atom stereocenters. The highest BCUT2D eigenvalue weighted by molar-refractivity contribution is 5.67. The monoisotopic (exact) mass is 330 g/mol. The number of hydrogen-bond donors (Lipinski definition) is 1. The molecule has 2 unspecified atom stereocenters. The Hall–Kier alpha value is -1.55. The molecule has 4 nitrogen and oxygen atoms in total. The quantitative estimate of drug-likeness (QED) is 0.916. The number of nitrogens with zero attached hydrogens (tertiary/aromatic N) is 1. The normalized spacial score (nSPS) is 27.0. The van der Waals surface area contributed by atoms with E-state index < -0.39 is 5.60 Å². The van der Waals surface area contributed by atoms with Gasteiger partial charge < -0.3 is 10.1 Å². The molecule has 24 heavy (non-hydrogen) atoms. The number of hydrogen-bond acceptors (Lipinski definition) is 3. The van der Waals surface area contributed by atoms with Crippen LogP contribution < -0.4 is 5.32 Å². The molecule has 1 aliphatic carbocycles. The van der Waals surface area contributed by atoms with Crippen LogP contribution in [0.3, 0.4) is 0 Å². The SMILES string of the molecule is CC(C)(C)OC(=O)NCC1C2CCC1CN(Cc1ccccc1)C2. The molecule has 1 aromatic rings. The molecule has 0 spiro atoms. The van der Waals surface area contributed by atoms with Crippen molar-refractivity contribution in [2.75, 3.05) is 19.6 Å². The molecule has 1 saturated carbocycles. The van der Waals surface area contributed by atoms with Gasteiger partial charge in [-0.1, -0.05) is 30.3 Å². The minimum atomic E-state index is -0.428. The summed E-state index contributed by atoms with van der Waals surface area (Å²) >= 11 is 0. The summed E-state index contributed by atoms with van der Waals surface area (Å²) in [5.41, 5.74) is 0.962. The van der Waals surface area contributed by atoms with Gasteiger partial charge in [-0.25, -0.2) is 4.79 Å². The molecule has 132 valence electrons. The highest BCUT2D eigenvalue weighted by atomic mass is 16.6. The number of amides is 1. The summed E-state index contributed by atoms with van der Waals surface area (Å²) in [4.78, 5) is 14.5. The summed E-state index contributed by atoms with van der Waals surface area (Å²) in [6.07, 6.45) is 2.29. The van der Waals surface area contributed by atoms with Crippen molar-refractivity contribution in [3.8, 4) is 0 Å². The fourth-order valence-electron chi connectivity index (χ4n) is 4.25. The standard InChI is InChI=1S/C20H30N2O2/c1-20(2,3)24-19(23)21-11-18-16-9-10-17(18)14-22(13-16)12-15-7-5-4-6-8-15/h4-8,16-18H,9-14H2,1-3H3,(H,21,23). The third-order valence-electron chi connectivity index (χ3n) is 5.23. The Morgan fingerprint density at radius 3 is 2.38 bits per heavy atom. The molecule has 2 fully saturated rings.